The van der Waals surface area contributed by atoms with Crippen LogP contribution in [0.25, 0.3) is 5.69 Å². The maximum absolute atomic E-state index is 14.4. The van der Waals surface area contributed by atoms with E-state index >= 15 is 0 Å². The molecule has 0 N–H and O–H groups in total. The van der Waals surface area contributed by atoms with Gasteiger partial charge in [0, 0.05) is 22.5 Å². The summed E-state index contributed by atoms with van der Waals surface area (Å²) in [6.45, 7) is 2.43. The zero-order valence-electron chi connectivity index (χ0n) is 13.6. The summed E-state index contributed by atoms with van der Waals surface area (Å²) < 4.78 is 30.8. The second-order valence-corrected chi connectivity index (χ2v) is 6.37. The van der Waals surface area contributed by atoms with Crippen molar-refractivity contribution in [1.82, 2.24) is 4.57 Å². The SMILES string of the molecule is CCc1ccn2c1CN=C(c1c(F)cccc1F)c1cc(Cl)ccc1-2. The smallest absolute Gasteiger partial charge is 0.135 e. The molecule has 25 heavy (non-hydrogen) atoms. The average molecular weight is 357 g/mol. The number of rotatable bonds is 2. The highest BCUT2D eigenvalue weighted by molar-refractivity contribution is 6.31. The molecule has 0 unspecified atom stereocenters. The van der Waals surface area contributed by atoms with Crippen LogP contribution < -0.4 is 0 Å². The number of nitrogens with zero attached hydrogens (tertiary/aromatic N) is 2. The molecule has 4 rings (SSSR count). The molecule has 0 saturated heterocycles. The zero-order valence-corrected chi connectivity index (χ0v) is 14.3. The van der Waals surface area contributed by atoms with Gasteiger partial charge in [0.15, 0.2) is 0 Å². The van der Waals surface area contributed by atoms with Crippen molar-refractivity contribution in [1.29, 1.82) is 0 Å². The van der Waals surface area contributed by atoms with Crippen LogP contribution >= 0.6 is 11.6 Å². The number of hydrogen-bond acceptors (Lipinski definition) is 1. The molecule has 0 saturated carbocycles. The molecule has 0 bridgehead atoms. The molecule has 2 heterocycles. The number of aryl methyl sites for hydroxylation is 1. The van der Waals surface area contributed by atoms with Crippen LogP contribution in [0.15, 0.2) is 53.7 Å². The van der Waals surface area contributed by atoms with Crippen LogP contribution in [0.2, 0.25) is 5.02 Å². The lowest BCUT2D eigenvalue weighted by Gasteiger charge is -2.13. The molecule has 5 heteroatoms. The Labute approximate surface area is 149 Å². The third-order valence-corrected chi connectivity index (χ3v) is 4.76. The van der Waals surface area contributed by atoms with Crippen molar-refractivity contribution in [3.05, 3.63) is 87.7 Å². The Balaban J connectivity index is 2.03. The lowest BCUT2D eigenvalue weighted by atomic mass is 9.99. The molecular weight excluding hydrogens is 342 g/mol. The highest BCUT2D eigenvalue weighted by atomic mass is 35.5. The van der Waals surface area contributed by atoms with Gasteiger partial charge in [-0.1, -0.05) is 24.6 Å². The van der Waals surface area contributed by atoms with Crippen molar-refractivity contribution in [2.45, 2.75) is 19.9 Å². The van der Waals surface area contributed by atoms with Crippen molar-refractivity contribution >= 4 is 17.3 Å². The molecule has 1 aromatic heterocycles. The molecule has 126 valence electrons. The molecule has 2 aromatic carbocycles. The zero-order chi connectivity index (χ0) is 17.6. The molecule has 0 radical (unpaired) electrons. The molecule has 2 nitrogen and oxygen atoms in total. The van der Waals surface area contributed by atoms with Crippen molar-refractivity contribution in [3.8, 4) is 5.69 Å². The van der Waals surface area contributed by atoms with Crippen LogP contribution in [0.1, 0.15) is 29.3 Å². The van der Waals surface area contributed by atoms with Gasteiger partial charge in [0.2, 0.25) is 0 Å². The average Bonchev–Trinajstić information content (AvgIpc) is 2.93. The molecule has 0 aliphatic carbocycles. The van der Waals surface area contributed by atoms with Crippen molar-refractivity contribution in [3.63, 3.8) is 0 Å². The summed E-state index contributed by atoms with van der Waals surface area (Å²) >= 11 is 6.17. The first-order valence-electron chi connectivity index (χ1n) is 8.08. The Morgan fingerprint density at radius 3 is 2.60 bits per heavy atom. The van der Waals surface area contributed by atoms with E-state index in [9.17, 15) is 8.78 Å². The summed E-state index contributed by atoms with van der Waals surface area (Å²) in [6.07, 6.45) is 2.83. The number of aromatic nitrogens is 1. The second kappa shape index (κ2) is 6.12. The Kier molecular flexibility index (Phi) is 3.92. The highest BCUT2D eigenvalue weighted by Gasteiger charge is 2.24. The van der Waals surface area contributed by atoms with E-state index in [-0.39, 0.29) is 5.56 Å². The largest absolute Gasteiger partial charge is 0.318 e. The van der Waals surface area contributed by atoms with E-state index in [0.29, 0.717) is 22.8 Å². The van der Waals surface area contributed by atoms with Gasteiger partial charge in [0.25, 0.3) is 0 Å². The molecule has 0 fully saturated rings. The Bertz CT molecular complexity index is 985. The molecular formula is C20H15ClF2N2. The number of fused-ring (bicyclic) bond motifs is 3. The van der Waals surface area contributed by atoms with E-state index in [1.165, 1.54) is 23.8 Å². The number of hydrogen-bond donors (Lipinski definition) is 0. The Hall–Kier alpha value is -2.46. The van der Waals surface area contributed by atoms with Crippen molar-refractivity contribution in [2.24, 2.45) is 4.99 Å². The van der Waals surface area contributed by atoms with Gasteiger partial charge in [-0.05, 0) is 48.4 Å². The molecule has 1 aliphatic heterocycles. The fourth-order valence-electron chi connectivity index (χ4n) is 3.32. The van der Waals surface area contributed by atoms with Crippen LogP contribution in [-0.4, -0.2) is 10.3 Å². The van der Waals surface area contributed by atoms with Crippen molar-refractivity contribution < 1.29 is 8.78 Å². The first-order valence-corrected chi connectivity index (χ1v) is 8.46. The topological polar surface area (TPSA) is 17.3 Å². The first kappa shape index (κ1) is 16.0. The van der Waals surface area contributed by atoms with Crippen LogP contribution in [0, 0.1) is 11.6 Å². The van der Waals surface area contributed by atoms with E-state index in [2.05, 4.69) is 18.0 Å². The number of benzene rings is 2. The minimum Gasteiger partial charge on any atom is -0.318 e. The minimum atomic E-state index is -0.632. The second-order valence-electron chi connectivity index (χ2n) is 5.93. The third kappa shape index (κ3) is 2.57. The fourth-order valence-corrected chi connectivity index (χ4v) is 3.49. The van der Waals surface area contributed by atoms with E-state index in [0.717, 1.165) is 17.8 Å². The standard InChI is InChI=1S/C20H15ClF2N2/c1-2-12-8-9-25-17-7-6-13(21)10-14(17)20(24-11-18(12)25)19-15(22)4-3-5-16(19)23/h3-10H,2,11H2,1H3. The Morgan fingerprint density at radius 1 is 1.12 bits per heavy atom. The maximum atomic E-state index is 14.4. The predicted molar refractivity (Wildman–Crippen MR) is 95.9 cm³/mol. The Morgan fingerprint density at radius 2 is 1.88 bits per heavy atom. The number of halogens is 3. The normalized spacial score (nSPS) is 13.0. The van der Waals surface area contributed by atoms with E-state index in [1.54, 1.807) is 12.1 Å². The highest BCUT2D eigenvalue weighted by Crippen LogP contribution is 2.31. The van der Waals surface area contributed by atoms with Gasteiger partial charge in [0.1, 0.15) is 11.6 Å². The van der Waals surface area contributed by atoms with E-state index in [1.807, 2.05) is 16.8 Å². The van der Waals surface area contributed by atoms with Gasteiger partial charge in [-0.2, -0.15) is 0 Å². The van der Waals surface area contributed by atoms with Crippen LogP contribution in [-0.2, 0) is 13.0 Å². The predicted octanol–water partition coefficient (Wildman–Crippen LogP) is 5.32. The summed E-state index contributed by atoms with van der Waals surface area (Å²) in [6, 6.07) is 11.2. The molecule has 0 amide bonds. The summed E-state index contributed by atoms with van der Waals surface area (Å²) in [7, 11) is 0. The van der Waals surface area contributed by atoms with E-state index in [4.69, 9.17) is 11.6 Å². The van der Waals surface area contributed by atoms with Gasteiger partial charge in [-0.3, -0.25) is 4.99 Å². The van der Waals surface area contributed by atoms with Gasteiger partial charge < -0.3 is 4.57 Å². The molecule has 0 atom stereocenters. The summed E-state index contributed by atoms with van der Waals surface area (Å²) in [5, 5.41) is 0.495. The van der Waals surface area contributed by atoms with Gasteiger partial charge in [-0.25, -0.2) is 8.78 Å². The van der Waals surface area contributed by atoms with Crippen LogP contribution in [0.3, 0.4) is 0 Å². The fraction of sp³-hybridized carbons (Fsp3) is 0.150. The number of aliphatic imine (C=N–C) groups is 1. The summed E-state index contributed by atoms with van der Waals surface area (Å²) in [4.78, 5) is 4.58. The molecule has 1 aliphatic rings. The van der Waals surface area contributed by atoms with E-state index < -0.39 is 11.6 Å². The van der Waals surface area contributed by atoms with Gasteiger partial charge in [-0.15, -0.1) is 0 Å². The third-order valence-electron chi connectivity index (χ3n) is 4.53. The van der Waals surface area contributed by atoms with Gasteiger partial charge >= 0.3 is 0 Å². The van der Waals surface area contributed by atoms with Gasteiger partial charge in [0.05, 0.1) is 23.5 Å². The molecule has 3 aromatic rings. The van der Waals surface area contributed by atoms with Crippen molar-refractivity contribution in [2.75, 3.05) is 0 Å². The quantitative estimate of drug-likeness (QED) is 0.591. The minimum absolute atomic E-state index is 0.116. The lowest BCUT2D eigenvalue weighted by molar-refractivity contribution is 0.579. The maximum Gasteiger partial charge on any atom is 0.135 e. The lowest BCUT2D eigenvalue weighted by Crippen LogP contribution is -2.11. The molecule has 0 spiro atoms. The summed E-state index contributed by atoms with van der Waals surface area (Å²) in [5.74, 6) is -1.26. The first-order chi connectivity index (χ1) is 12.1. The summed E-state index contributed by atoms with van der Waals surface area (Å²) in [5.41, 5.74) is 3.80. The monoisotopic (exact) mass is 356 g/mol. The van der Waals surface area contributed by atoms with Crippen LogP contribution in [0.5, 0.6) is 0 Å². The van der Waals surface area contributed by atoms with Crippen LogP contribution in [0.4, 0.5) is 8.78 Å².